The Labute approximate surface area is 140 Å². The summed E-state index contributed by atoms with van der Waals surface area (Å²) >= 11 is 5.79. The van der Waals surface area contributed by atoms with Crippen LogP contribution in [-0.4, -0.2) is 18.0 Å². The molecule has 3 aromatic rings. The molecule has 0 saturated carbocycles. The summed E-state index contributed by atoms with van der Waals surface area (Å²) in [7, 11) is -3.65. The van der Waals surface area contributed by atoms with Crippen LogP contribution in [0.2, 0.25) is 5.02 Å². The lowest BCUT2D eigenvalue weighted by Gasteiger charge is -2.10. The number of fused-ring (bicyclic) bond motifs is 1. The number of aromatic nitrogens is 2. The lowest BCUT2D eigenvalue weighted by molar-refractivity contribution is 0.601. The number of anilines is 1. The summed E-state index contributed by atoms with van der Waals surface area (Å²) in [5.41, 5.74) is 2.19. The van der Waals surface area contributed by atoms with E-state index in [9.17, 15) is 8.42 Å². The van der Waals surface area contributed by atoms with Gasteiger partial charge in [-0.25, -0.2) is 13.4 Å². The largest absolute Gasteiger partial charge is 0.328 e. The van der Waals surface area contributed by atoms with Gasteiger partial charge >= 0.3 is 0 Å². The van der Waals surface area contributed by atoms with Crippen molar-refractivity contribution in [2.75, 3.05) is 4.72 Å². The Bertz CT molecular complexity index is 947. The van der Waals surface area contributed by atoms with Crippen molar-refractivity contribution in [1.29, 1.82) is 0 Å². The summed E-state index contributed by atoms with van der Waals surface area (Å²) in [6.07, 6.45) is 1.76. The van der Waals surface area contributed by atoms with Crippen LogP contribution in [0.25, 0.3) is 11.0 Å². The molecule has 0 saturated heterocycles. The second-order valence-electron chi connectivity index (χ2n) is 5.51. The van der Waals surface area contributed by atoms with E-state index in [1.165, 1.54) is 12.1 Å². The summed E-state index contributed by atoms with van der Waals surface area (Å²) in [6.45, 7) is 4.14. The minimum Gasteiger partial charge on any atom is -0.328 e. The van der Waals surface area contributed by atoms with Crippen LogP contribution in [0, 0.1) is 0 Å². The number of imidazole rings is 1. The Hall–Kier alpha value is -2.05. The quantitative estimate of drug-likeness (QED) is 0.772. The number of nitrogens with zero attached hydrogens (tertiary/aromatic N) is 2. The van der Waals surface area contributed by atoms with Crippen molar-refractivity contribution in [3.63, 3.8) is 0 Å². The first-order valence-electron chi connectivity index (χ1n) is 7.12. The highest BCUT2D eigenvalue weighted by Gasteiger charge is 2.15. The van der Waals surface area contributed by atoms with Crippen molar-refractivity contribution >= 4 is 38.3 Å². The summed E-state index contributed by atoms with van der Waals surface area (Å²) < 4.78 is 29.4. The molecule has 23 heavy (non-hydrogen) atoms. The van der Waals surface area contributed by atoms with Crippen LogP contribution in [0.3, 0.4) is 0 Å². The number of rotatable bonds is 4. The predicted molar refractivity (Wildman–Crippen MR) is 92.4 cm³/mol. The Morgan fingerprint density at radius 1 is 1.13 bits per heavy atom. The fraction of sp³-hybridized carbons (Fsp3) is 0.188. The second kappa shape index (κ2) is 5.86. The van der Waals surface area contributed by atoms with E-state index < -0.39 is 10.0 Å². The molecule has 1 heterocycles. The van der Waals surface area contributed by atoms with Gasteiger partial charge in [-0.3, -0.25) is 4.72 Å². The maximum Gasteiger partial charge on any atom is 0.261 e. The van der Waals surface area contributed by atoms with Gasteiger partial charge in [0.25, 0.3) is 10.0 Å². The van der Waals surface area contributed by atoms with Gasteiger partial charge in [-0.15, -0.1) is 0 Å². The molecule has 5 nitrogen and oxygen atoms in total. The molecule has 0 radical (unpaired) electrons. The number of hydrogen-bond donors (Lipinski definition) is 1. The first-order valence-corrected chi connectivity index (χ1v) is 8.98. The lowest BCUT2D eigenvalue weighted by atomic mass is 10.2. The molecule has 2 aromatic carbocycles. The molecular weight excluding hydrogens is 334 g/mol. The van der Waals surface area contributed by atoms with Gasteiger partial charge < -0.3 is 4.57 Å². The molecule has 7 heteroatoms. The molecule has 1 N–H and O–H groups in total. The SMILES string of the molecule is CC(C)n1cnc2cc(NS(=O)(=O)c3ccc(Cl)cc3)ccc21. The smallest absolute Gasteiger partial charge is 0.261 e. The highest BCUT2D eigenvalue weighted by atomic mass is 35.5. The van der Waals surface area contributed by atoms with Crippen molar-refractivity contribution < 1.29 is 8.42 Å². The van der Waals surface area contributed by atoms with Gasteiger partial charge in [-0.05, 0) is 56.3 Å². The van der Waals surface area contributed by atoms with Crippen molar-refractivity contribution in [3.8, 4) is 0 Å². The number of hydrogen-bond acceptors (Lipinski definition) is 3. The van der Waals surface area contributed by atoms with E-state index in [1.54, 1.807) is 30.6 Å². The Kier molecular flexibility index (Phi) is 4.04. The van der Waals surface area contributed by atoms with E-state index in [1.807, 2.05) is 10.6 Å². The first-order chi connectivity index (χ1) is 10.9. The minimum atomic E-state index is -3.65. The van der Waals surface area contributed by atoms with Gasteiger partial charge in [0, 0.05) is 11.1 Å². The van der Waals surface area contributed by atoms with Gasteiger partial charge in [0.2, 0.25) is 0 Å². The summed E-state index contributed by atoms with van der Waals surface area (Å²) in [5, 5.41) is 0.490. The molecule has 3 rings (SSSR count). The monoisotopic (exact) mass is 349 g/mol. The topological polar surface area (TPSA) is 64.0 Å². The lowest BCUT2D eigenvalue weighted by Crippen LogP contribution is -2.12. The summed E-state index contributed by atoms with van der Waals surface area (Å²) in [5.74, 6) is 0. The molecule has 0 unspecified atom stereocenters. The van der Waals surface area contributed by atoms with Crippen LogP contribution in [0.1, 0.15) is 19.9 Å². The van der Waals surface area contributed by atoms with Gasteiger partial charge in [0.15, 0.2) is 0 Å². The number of benzene rings is 2. The van der Waals surface area contributed by atoms with Crippen molar-refractivity contribution in [2.24, 2.45) is 0 Å². The van der Waals surface area contributed by atoms with Gasteiger partial charge in [0.05, 0.1) is 27.9 Å². The molecule has 0 aliphatic carbocycles. The van der Waals surface area contributed by atoms with E-state index in [0.717, 1.165) is 11.0 Å². The molecule has 0 bridgehead atoms. The number of nitrogens with one attached hydrogen (secondary N) is 1. The predicted octanol–water partition coefficient (Wildman–Crippen LogP) is 4.07. The molecule has 0 atom stereocenters. The average molecular weight is 350 g/mol. The second-order valence-corrected chi connectivity index (χ2v) is 7.63. The third-order valence-corrected chi connectivity index (χ3v) is 5.16. The van der Waals surface area contributed by atoms with Crippen LogP contribution in [0.4, 0.5) is 5.69 Å². The summed E-state index contributed by atoms with van der Waals surface area (Å²) in [6, 6.07) is 11.6. The van der Waals surface area contributed by atoms with Crippen LogP contribution in [-0.2, 0) is 10.0 Å². The zero-order chi connectivity index (χ0) is 16.6. The maximum absolute atomic E-state index is 12.4. The molecule has 1 aromatic heterocycles. The van der Waals surface area contributed by atoms with E-state index in [4.69, 9.17) is 11.6 Å². The van der Waals surface area contributed by atoms with Crippen LogP contribution in [0.15, 0.2) is 53.7 Å². The first kappa shape index (κ1) is 15.8. The van der Waals surface area contributed by atoms with E-state index >= 15 is 0 Å². The normalized spacial score (nSPS) is 12.0. The zero-order valence-corrected chi connectivity index (χ0v) is 14.3. The Balaban J connectivity index is 1.93. The van der Waals surface area contributed by atoms with Crippen molar-refractivity contribution in [1.82, 2.24) is 9.55 Å². The minimum absolute atomic E-state index is 0.162. The van der Waals surface area contributed by atoms with E-state index in [0.29, 0.717) is 10.7 Å². The van der Waals surface area contributed by atoms with Crippen LogP contribution >= 0.6 is 11.6 Å². The van der Waals surface area contributed by atoms with Gasteiger partial charge in [-0.2, -0.15) is 0 Å². The molecule has 120 valence electrons. The fourth-order valence-corrected chi connectivity index (χ4v) is 3.51. The van der Waals surface area contributed by atoms with Crippen molar-refractivity contribution in [3.05, 3.63) is 53.8 Å². The molecule has 0 amide bonds. The molecular formula is C16H16ClN3O2S. The maximum atomic E-state index is 12.4. The van der Waals surface area contributed by atoms with Crippen LogP contribution in [0.5, 0.6) is 0 Å². The molecule has 0 aliphatic heterocycles. The fourth-order valence-electron chi connectivity index (χ4n) is 2.33. The number of halogens is 1. The third-order valence-electron chi connectivity index (χ3n) is 3.51. The summed E-state index contributed by atoms with van der Waals surface area (Å²) in [4.78, 5) is 4.49. The average Bonchev–Trinajstić information content (AvgIpc) is 2.90. The molecule has 0 fully saturated rings. The van der Waals surface area contributed by atoms with Crippen molar-refractivity contribution in [2.45, 2.75) is 24.8 Å². The standard InChI is InChI=1S/C16H16ClN3O2S/c1-11(2)20-10-18-15-9-13(5-8-16(15)20)19-23(21,22)14-6-3-12(17)4-7-14/h3-11,19H,1-2H3. The van der Waals surface area contributed by atoms with Gasteiger partial charge in [0.1, 0.15) is 0 Å². The van der Waals surface area contributed by atoms with Crippen LogP contribution < -0.4 is 4.72 Å². The zero-order valence-electron chi connectivity index (χ0n) is 12.7. The highest BCUT2D eigenvalue weighted by Crippen LogP contribution is 2.23. The highest BCUT2D eigenvalue weighted by molar-refractivity contribution is 7.92. The van der Waals surface area contributed by atoms with E-state index in [-0.39, 0.29) is 10.9 Å². The Morgan fingerprint density at radius 2 is 1.83 bits per heavy atom. The Morgan fingerprint density at radius 3 is 2.48 bits per heavy atom. The number of sulfonamides is 1. The third kappa shape index (κ3) is 3.18. The van der Waals surface area contributed by atoms with Gasteiger partial charge in [-0.1, -0.05) is 11.6 Å². The van der Waals surface area contributed by atoms with E-state index in [2.05, 4.69) is 23.6 Å². The molecule has 0 aliphatic rings. The molecule has 0 spiro atoms.